The van der Waals surface area contributed by atoms with E-state index in [0.29, 0.717) is 24.5 Å². The molecule has 1 aliphatic heterocycles. The maximum atomic E-state index is 13.3. The van der Waals surface area contributed by atoms with Gasteiger partial charge in [-0.05, 0) is 30.0 Å². The summed E-state index contributed by atoms with van der Waals surface area (Å²) < 4.78 is 38.6. The van der Waals surface area contributed by atoms with Crippen LogP contribution in [0.4, 0.5) is 18.3 Å². The van der Waals surface area contributed by atoms with E-state index in [0.717, 1.165) is 22.3 Å². The third kappa shape index (κ3) is 4.89. The standard InChI is InChI=1S/C22H27ClF3N3O2S/c1-13(2)17(28-19-27-16(11-32-19)22(24,25)26)18(30)29-10-9-21(31,20(3,4)12-29)14-5-7-15(23)8-6-14/h5-8,11,13,17,31H,9-10,12H2,1-4H3,(H,27,28). The van der Waals surface area contributed by atoms with Gasteiger partial charge < -0.3 is 15.3 Å². The van der Waals surface area contributed by atoms with Crippen LogP contribution in [0.15, 0.2) is 29.6 Å². The summed E-state index contributed by atoms with van der Waals surface area (Å²) in [5.41, 5.74) is -2.06. The van der Waals surface area contributed by atoms with Gasteiger partial charge in [-0.25, -0.2) is 4.98 Å². The number of aliphatic hydroxyl groups is 1. The molecule has 1 aromatic carbocycles. The Morgan fingerprint density at radius 1 is 1.28 bits per heavy atom. The molecule has 0 radical (unpaired) electrons. The Labute approximate surface area is 194 Å². The Morgan fingerprint density at radius 3 is 2.41 bits per heavy atom. The van der Waals surface area contributed by atoms with Gasteiger partial charge in [-0.2, -0.15) is 13.2 Å². The number of nitrogens with zero attached hydrogens (tertiary/aromatic N) is 2. The normalized spacial score (nSPS) is 22.1. The number of carbonyl (C=O) groups excluding carboxylic acids is 1. The van der Waals surface area contributed by atoms with Crippen molar-refractivity contribution in [2.75, 3.05) is 18.4 Å². The van der Waals surface area contributed by atoms with Gasteiger partial charge in [-0.3, -0.25) is 4.79 Å². The van der Waals surface area contributed by atoms with Crippen LogP contribution in [0, 0.1) is 11.3 Å². The molecule has 3 rings (SSSR count). The summed E-state index contributed by atoms with van der Waals surface area (Å²) in [5.74, 6) is -0.407. The number of halogens is 4. The molecule has 1 amide bonds. The Morgan fingerprint density at radius 2 is 1.91 bits per heavy atom. The Bertz CT molecular complexity index is 962. The molecule has 2 aromatic rings. The van der Waals surface area contributed by atoms with Gasteiger partial charge in [-0.15, -0.1) is 11.3 Å². The monoisotopic (exact) mass is 489 g/mol. The molecule has 1 aromatic heterocycles. The fourth-order valence-electron chi connectivity index (χ4n) is 4.08. The van der Waals surface area contributed by atoms with Gasteiger partial charge in [0.25, 0.3) is 0 Å². The van der Waals surface area contributed by atoms with Crippen LogP contribution in [0.5, 0.6) is 0 Å². The van der Waals surface area contributed by atoms with E-state index in [1.54, 1.807) is 29.2 Å². The van der Waals surface area contributed by atoms with Crippen molar-refractivity contribution in [3.63, 3.8) is 0 Å². The third-order valence-electron chi connectivity index (χ3n) is 6.09. The maximum Gasteiger partial charge on any atom is 0.434 e. The zero-order chi connectivity index (χ0) is 23.9. The van der Waals surface area contributed by atoms with E-state index in [4.69, 9.17) is 11.6 Å². The molecule has 2 atom stereocenters. The number of aromatic nitrogens is 1. The van der Waals surface area contributed by atoms with Crippen LogP contribution in [-0.2, 0) is 16.6 Å². The van der Waals surface area contributed by atoms with Crippen LogP contribution in [0.2, 0.25) is 5.02 Å². The largest absolute Gasteiger partial charge is 0.434 e. The van der Waals surface area contributed by atoms with Gasteiger partial charge in [0.2, 0.25) is 5.91 Å². The third-order valence-corrected chi connectivity index (χ3v) is 7.11. The first-order valence-electron chi connectivity index (χ1n) is 10.3. The van der Waals surface area contributed by atoms with Crippen LogP contribution >= 0.6 is 22.9 Å². The molecule has 2 unspecified atom stereocenters. The first-order chi connectivity index (χ1) is 14.7. The fourth-order valence-corrected chi connectivity index (χ4v) is 4.97. The summed E-state index contributed by atoms with van der Waals surface area (Å²) in [6.45, 7) is 8.06. The number of benzene rings is 1. The topological polar surface area (TPSA) is 65.5 Å². The highest BCUT2D eigenvalue weighted by atomic mass is 35.5. The van der Waals surface area contributed by atoms with Gasteiger partial charge in [0.1, 0.15) is 6.04 Å². The second kappa shape index (κ2) is 8.83. The molecular weight excluding hydrogens is 463 g/mol. The predicted octanol–water partition coefficient (Wildman–Crippen LogP) is 5.40. The van der Waals surface area contributed by atoms with Crippen molar-refractivity contribution in [3.8, 4) is 0 Å². The van der Waals surface area contributed by atoms with E-state index in [-0.39, 0.29) is 17.0 Å². The number of rotatable bonds is 5. The molecule has 10 heteroatoms. The minimum atomic E-state index is -4.53. The lowest BCUT2D eigenvalue weighted by Gasteiger charge is -2.51. The number of carbonyl (C=O) groups is 1. The smallest absolute Gasteiger partial charge is 0.384 e. The number of alkyl halides is 3. The second-order valence-electron chi connectivity index (χ2n) is 9.16. The average Bonchev–Trinajstić information content (AvgIpc) is 3.17. The van der Waals surface area contributed by atoms with Crippen LogP contribution < -0.4 is 5.32 Å². The maximum absolute atomic E-state index is 13.3. The Hall–Kier alpha value is -1.84. The fraction of sp³-hybridized carbons (Fsp3) is 0.545. The number of anilines is 1. The summed E-state index contributed by atoms with van der Waals surface area (Å²) in [4.78, 5) is 18.6. The van der Waals surface area contributed by atoms with Crippen molar-refractivity contribution < 1.29 is 23.1 Å². The molecule has 32 heavy (non-hydrogen) atoms. The second-order valence-corrected chi connectivity index (χ2v) is 10.5. The molecule has 1 aliphatic rings. The van der Waals surface area contributed by atoms with Crippen molar-refractivity contribution in [1.82, 2.24) is 9.88 Å². The molecule has 2 heterocycles. The van der Waals surface area contributed by atoms with E-state index >= 15 is 0 Å². The predicted molar refractivity (Wildman–Crippen MR) is 120 cm³/mol. The number of thiazole rings is 1. The van der Waals surface area contributed by atoms with Crippen molar-refractivity contribution in [1.29, 1.82) is 0 Å². The SMILES string of the molecule is CC(C)C(Nc1nc(C(F)(F)F)cs1)C(=O)N1CCC(O)(c2ccc(Cl)cc2)C(C)(C)C1. The zero-order valence-corrected chi connectivity index (χ0v) is 19.9. The molecule has 0 saturated carbocycles. The number of amides is 1. The van der Waals surface area contributed by atoms with Crippen molar-refractivity contribution >= 4 is 34.0 Å². The Balaban J connectivity index is 1.77. The lowest BCUT2D eigenvalue weighted by Crippen LogP contribution is -2.59. The highest BCUT2D eigenvalue weighted by molar-refractivity contribution is 7.13. The van der Waals surface area contributed by atoms with Crippen LogP contribution in [0.1, 0.15) is 45.4 Å². The number of hydrogen-bond acceptors (Lipinski definition) is 5. The molecule has 0 aliphatic carbocycles. The van der Waals surface area contributed by atoms with Crippen molar-refractivity contribution in [2.24, 2.45) is 11.3 Å². The van der Waals surface area contributed by atoms with E-state index in [1.165, 1.54) is 0 Å². The van der Waals surface area contributed by atoms with Crippen LogP contribution in [0.25, 0.3) is 0 Å². The van der Waals surface area contributed by atoms with E-state index in [2.05, 4.69) is 10.3 Å². The number of piperidine rings is 1. The summed E-state index contributed by atoms with van der Waals surface area (Å²) in [6, 6.07) is 6.30. The molecular formula is C22H27ClF3N3O2S. The number of hydrogen-bond donors (Lipinski definition) is 2. The van der Waals surface area contributed by atoms with E-state index < -0.39 is 28.9 Å². The summed E-state index contributed by atoms with van der Waals surface area (Å²) in [5, 5.41) is 16.0. The van der Waals surface area contributed by atoms with Crippen molar-refractivity contribution in [3.05, 3.63) is 45.9 Å². The highest BCUT2D eigenvalue weighted by Gasteiger charge is 2.50. The van der Waals surface area contributed by atoms with E-state index in [9.17, 15) is 23.1 Å². The number of likely N-dealkylation sites (tertiary alicyclic amines) is 1. The summed E-state index contributed by atoms with van der Waals surface area (Å²) in [7, 11) is 0. The first-order valence-corrected chi connectivity index (χ1v) is 11.6. The van der Waals surface area contributed by atoms with Gasteiger partial charge >= 0.3 is 6.18 Å². The highest BCUT2D eigenvalue weighted by Crippen LogP contribution is 2.46. The summed E-state index contributed by atoms with van der Waals surface area (Å²) >= 11 is 6.80. The molecule has 0 spiro atoms. The van der Waals surface area contributed by atoms with Crippen LogP contribution in [-0.4, -0.2) is 40.0 Å². The molecule has 176 valence electrons. The quantitative estimate of drug-likeness (QED) is 0.590. The Kier molecular flexibility index (Phi) is 6.85. The van der Waals surface area contributed by atoms with Gasteiger partial charge in [0.05, 0.1) is 5.60 Å². The minimum absolute atomic E-state index is 0.0540. The van der Waals surface area contributed by atoms with Crippen LogP contribution in [0.3, 0.4) is 0 Å². The molecule has 1 fully saturated rings. The zero-order valence-electron chi connectivity index (χ0n) is 18.3. The number of nitrogens with one attached hydrogen (secondary N) is 1. The molecule has 1 saturated heterocycles. The minimum Gasteiger partial charge on any atom is -0.384 e. The molecule has 0 bridgehead atoms. The molecule has 2 N–H and O–H groups in total. The van der Waals surface area contributed by atoms with E-state index in [1.807, 2.05) is 27.7 Å². The van der Waals surface area contributed by atoms with Crippen molar-refractivity contribution in [2.45, 2.75) is 51.9 Å². The average molecular weight is 490 g/mol. The van der Waals surface area contributed by atoms with Gasteiger partial charge in [0.15, 0.2) is 10.8 Å². The van der Waals surface area contributed by atoms with Gasteiger partial charge in [-0.1, -0.05) is 51.4 Å². The van der Waals surface area contributed by atoms with Gasteiger partial charge in [0, 0.05) is 28.9 Å². The molecule has 5 nitrogen and oxygen atoms in total. The first kappa shape index (κ1) is 24.8. The lowest BCUT2D eigenvalue weighted by atomic mass is 9.66. The summed E-state index contributed by atoms with van der Waals surface area (Å²) in [6.07, 6.45) is -4.20. The lowest BCUT2D eigenvalue weighted by molar-refractivity contribution is -0.154.